The van der Waals surface area contributed by atoms with Crippen molar-refractivity contribution in [2.45, 2.75) is 211 Å². The molecule has 0 bridgehead atoms. The van der Waals surface area contributed by atoms with Crippen molar-refractivity contribution >= 4 is 0 Å². The van der Waals surface area contributed by atoms with E-state index in [1.54, 1.807) is 0 Å². The van der Waals surface area contributed by atoms with Crippen LogP contribution in [0.2, 0.25) is 0 Å². The molecule has 3 saturated carbocycles. The minimum absolute atomic E-state index is 0.0846. The lowest BCUT2D eigenvalue weighted by molar-refractivity contribution is -0.373. The predicted octanol–water partition coefficient (Wildman–Crippen LogP) is -0.105. The van der Waals surface area contributed by atoms with Gasteiger partial charge in [-0.2, -0.15) is 0 Å². The summed E-state index contributed by atoms with van der Waals surface area (Å²) >= 11 is 0. The molecular formula is C49H80O18. The van der Waals surface area contributed by atoms with Crippen LogP contribution >= 0.6 is 0 Å². The molecule has 0 aromatic carbocycles. The van der Waals surface area contributed by atoms with Crippen molar-refractivity contribution in [2.75, 3.05) is 26.4 Å². The van der Waals surface area contributed by atoms with Gasteiger partial charge in [-0.3, -0.25) is 0 Å². The first-order valence-electron chi connectivity index (χ1n) is 24.6. The molecule has 12 N–H and O–H groups in total. The quantitative estimate of drug-likeness (QED) is 0.120. The summed E-state index contributed by atoms with van der Waals surface area (Å²) in [4.78, 5) is 0. The topological polar surface area (TPSA) is 298 Å². The molecule has 0 radical (unpaired) electrons. The van der Waals surface area contributed by atoms with E-state index in [-0.39, 0.29) is 46.7 Å². The minimum Gasteiger partial charge on any atom is -0.396 e. The van der Waals surface area contributed by atoms with Crippen molar-refractivity contribution in [2.24, 2.45) is 44.3 Å². The second-order valence-corrected chi connectivity index (χ2v) is 23.4. The van der Waals surface area contributed by atoms with Gasteiger partial charge in [-0.05, 0) is 104 Å². The Bertz CT molecular complexity index is 1830. The highest BCUT2D eigenvalue weighted by Crippen LogP contribution is 2.74. The molecule has 67 heavy (non-hydrogen) atoms. The molecule has 3 heterocycles. The van der Waals surface area contributed by atoms with Gasteiger partial charge in [-0.1, -0.05) is 59.3 Å². The average Bonchev–Trinajstić information content (AvgIpc) is 3.27. The highest BCUT2D eigenvalue weighted by molar-refractivity contribution is 5.47. The summed E-state index contributed by atoms with van der Waals surface area (Å²) in [6.45, 7) is 13.8. The average molecular weight is 957 g/mol. The number of allylic oxidation sites excluding steroid dienone is 3. The van der Waals surface area contributed by atoms with Crippen molar-refractivity contribution in [1.29, 1.82) is 0 Å². The molecule has 5 aliphatic carbocycles. The van der Waals surface area contributed by atoms with Gasteiger partial charge in [-0.25, -0.2) is 0 Å². The first-order valence-corrected chi connectivity index (χ1v) is 24.6. The van der Waals surface area contributed by atoms with Crippen LogP contribution in [0.3, 0.4) is 0 Å². The van der Waals surface area contributed by atoms with E-state index in [1.165, 1.54) is 12.5 Å². The molecule has 3 aliphatic heterocycles. The third-order valence-electron chi connectivity index (χ3n) is 19.4. The Morgan fingerprint density at radius 3 is 1.99 bits per heavy atom. The zero-order chi connectivity index (χ0) is 49.0. The van der Waals surface area contributed by atoms with Crippen LogP contribution < -0.4 is 0 Å². The molecule has 0 amide bonds. The van der Waals surface area contributed by atoms with Gasteiger partial charge in [-0.15, -0.1) is 0 Å². The number of aliphatic hydroxyl groups excluding tert-OH is 12. The van der Waals surface area contributed by atoms with Crippen molar-refractivity contribution < 1.29 is 89.7 Å². The van der Waals surface area contributed by atoms with E-state index in [0.717, 1.165) is 31.3 Å². The zero-order valence-electron chi connectivity index (χ0n) is 40.1. The first kappa shape index (κ1) is 52.1. The maximum absolute atomic E-state index is 12.2. The summed E-state index contributed by atoms with van der Waals surface area (Å²) in [5.74, 6) is 0.238. The lowest BCUT2D eigenvalue weighted by Gasteiger charge is -2.70. The number of aliphatic hydroxyl groups is 12. The van der Waals surface area contributed by atoms with Gasteiger partial charge >= 0.3 is 0 Å². The van der Waals surface area contributed by atoms with E-state index in [4.69, 9.17) is 28.4 Å². The van der Waals surface area contributed by atoms with Gasteiger partial charge in [0.15, 0.2) is 18.9 Å². The largest absolute Gasteiger partial charge is 0.396 e. The van der Waals surface area contributed by atoms with Crippen LogP contribution in [0.5, 0.6) is 0 Å². The van der Waals surface area contributed by atoms with E-state index in [9.17, 15) is 61.3 Å². The van der Waals surface area contributed by atoms with Crippen LogP contribution in [0.15, 0.2) is 23.3 Å². The predicted molar refractivity (Wildman–Crippen MR) is 236 cm³/mol. The summed E-state index contributed by atoms with van der Waals surface area (Å²) in [7, 11) is 0. The molecule has 384 valence electrons. The Hall–Kier alpha value is -1.24. The van der Waals surface area contributed by atoms with E-state index >= 15 is 0 Å². The summed E-state index contributed by atoms with van der Waals surface area (Å²) < 4.78 is 36.2. The fourth-order valence-corrected chi connectivity index (χ4v) is 14.8. The molecule has 3 unspecified atom stereocenters. The fourth-order valence-electron chi connectivity index (χ4n) is 14.8. The molecule has 8 aliphatic rings. The van der Waals surface area contributed by atoms with E-state index in [0.29, 0.717) is 32.1 Å². The second kappa shape index (κ2) is 18.7. The SMILES string of the molecule is C[C@@H]1O[C@@H](O[C@H]2[C@H](O)[C@@H](O)[C@H](O[C@H]3CC[C@@]4(C)C(CC[C@]5(C)C4C=CC4=C6C[C@](C)(CCO)CCC6(CO)[C@H](O)C[C@]45C)C3(C)C)O[C@@H]2CO[C@@H]2O[C@H](CO)[C@@H](O)[C@H](O)[C@H]2O)[C@H](O)[C@H](O)[C@H]1O. The molecule has 18 nitrogen and oxygen atoms in total. The van der Waals surface area contributed by atoms with Crippen molar-refractivity contribution in [3.8, 4) is 0 Å². The normalized spacial score (nSPS) is 54.2. The number of rotatable bonds is 11. The Balaban J connectivity index is 1.04. The Labute approximate surface area is 393 Å². The zero-order valence-corrected chi connectivity index (χ0v) is 40.1. The van der Waals surface area contributed by atoms with E-state index < -0.39 is 128 Å². The summed E-state index contributed by atoms with van der Waals surface area (Å²) in [6, 6.07) is 0. The van der Waals surface area contributed by atoms with Crippen molar-refractivity contribution in [1.82, 2.24) is 0 Å². The van der Waals surface area contributed by atoms with Crippen molar-refractivity contribution in [3.05, 3.63) is 23.3 Å². The maximum atomic E-state index is 12.2. The Morgan fingerprint density at radius 2 is 1.31 bits per heavy atom. The van der Waals surface area contributed by atoms with Gasteiger partial charge < -0.3 is 89.7 Å². The molecule has 3 saturated heterocycles. The lowest BCUT2D eigenvalue weighted by atomic mass is 9.35. The molecule has 8 rings (SSSR count). The van der Waals surface area contributed by atoms with Crippen LogP contribution in [0.4, 0.5) is 0 Å². The summed E-state index contributed by atoms with van der Waals surface area (Å²) in [6.07, 6.45) is -13.4. The summed E-state index contributed by atoms with van der Waals surface area (Å²) in [5.41, 5.74) is 0.168. The smallest absolute Gasteiger partial charge is 0.187 e. The Kier molecular flexibility index (Phi) is 14.5. The monoisotopic (exact) mass is 957 g/mol. The van der Waals surface area contributed by atoms with E-state index in [1.807, 2.05) is 0 Å². The van der Waals surface area contributed by atoms with Crippen LogP contribution in [-0.4, -0.2) is 192 Å². The standard InChI is InChI=1S/C49H80O18/c1-23-32(54)34(56)38(60)42(63-23)67-40-27(21-62-41-37(59)35(57)33(55)26(20-51)64-41)65-43(39(61)36(40)58)66-31-11-12-46(5)28(44(31,2)3)10-13-47(6)29(46)9-8-24-25-18-45(4,16-17-50)14-15-49(25,22-52)30(53)19-48(24,47)7/h8-9,23,26-43,50-61H,10-22H2,1-7H3/t23-,26+,27+,28?,29?,30+,31-,32-,33+,34+,35-,36+,37+,38+,39+,40+,41+,42-,43-,45-,46-,47+,48+,49?/m0/s1. The fraction of sp³-hybridized carbons (Fsp3) is 0.918. The second-order valence-electron chi connectivity index (χ2n) is 23.4. The van der Waals surface area contributed by atoms with Crippen LogP contribution in [0.1, 0.15) is 106 Å². The number of hydrogen-bond acceptors (Lipinski definition) is 18. The molecule has 24 atom stereocenters. The molecule has 0 aromatic heterocycles. The molecule has 18 heteroatoms. The molecule has 6 fully saturated rings. The third-order valence-corrected chi connectivity index (χ3v) is 19.4. The molecule has 0 spiro atoms. The highest BCUT2D eigenvalue weighted by atomic mass is 16.8. The van der Waals surface area contributed by atoms with Gasteiger partial charge in [0.25, 0.3) is 0 Å². The Morgan fingerprint density at radius 1 is 0.672 bits per heavy atom. The van der Waals surface area contributed by atoms with Crippen molar-refractivity contribution in [3.63, 3.8) is 0 Å². The third kappa shape index (κ3) is 8.26. The van der Waals surface area contributed by atoms with Crippen LogP contribution in [0.25, 0.3) is 0 Å². The van der Waals surface area contributed by atoms with Gasteiger partial charge in [0.05, 0.1) is 38.1 Å². The van der Waals surface area contributed by atoms with Gasteiger partial charge in [0.1, 0.15) is 67.1 Å². The minimum atomic E-state index is -1.77. The van der Waals surface area contributed by atoms with Gasteiger partial charge in [0, 0.05) is 17.4 Å². The van der Waals surface area contributed by atoms with E-state index in [2.05, 4.69) is 53.7 Å². The molecule has 0 aromatic rings. The number of fused-ring (bicyclic) bond motifs is 6. The summed E-state index contributed by atoms with van der Waals surface area (Å²) in [5, 5.41) is 130. The number of ether oxygens (including phenoxy) is 6. The van der Waals surface area contributed by atoms with Crippen LogP contribution in [-0.2, 0) is 28.4 Å². The highest BCUT2D eigenvalue weighted by Gasteiger charge is 2.68. The number of hydrogen-bond donors (Lipinski definition) is 12. The van der Waals surface area contributed by atoms with Crippen LogP contribution in [0, 0.1) is 44.3 Å². The lowest BCUT2D eigenvalue weighted by Crippen LogP contribution is -2.66. The maximum Gasteiger partial charge on any atom is 0.187 e. The first-order chi connectivity index (χ1) is 31.4. The molecular weight excluding hydrogens is 877 g/mol. The van der Waals surface area contributed by atoms with Gasteiger partial charge in [0.2, 0.25) is 0 Å².